The molecule has 2 aromatic rings. The van der Waals surface area contributed by atoms with Crippen molar-refractivity contribution in [2.45, 2.75) is 32.6 Å². The van der Waals surface area contributed by atoms with Crippen molar-refractivity contribution in [3.63, 3.8) is 0 Å². The van der Waals surface area contributed by atoms with Gasteiger partial charge >= 0.3 is 6.18 Å². The van der Waals surface area contributed by atoms with Gasteiger partial charge in [0, 0.05) is 44.5 Å². The summed E-state index contributed by atoms with van der Waals surface area (Å²) in [4.78, 5) is 12.2. The van der Waals surface area contributed by atoms with Crippen molar-refractivity contribution < 1.29 is 17.9 Å². The van der Waals surface area contributed by atoms with Gasteiger partial charge < -0.3 is 14.2 Å². The van der Waals surface area contributed by atoms with Crippen LogP contribution in [0.25, 0.3) is 11.4 Å². The number of aromatic nitrogens is 2. The summed E-state index contributed by atoms with van der Waals surface area (Å²) in [5, 5.41) is 0. The van der Waals surface area contributed by atoms with Crippen LogP contribution in [0.5, 0.6) is 0 Å². The number of imidazole rings is 1. The molecule has 1 aliphatic rings. The normalized spacial score (nSPS) is 15.1. The van der Waals surface area contributed by atoms with Crippen LogP contribution < -0.4 is 0 Å². The first-order valence-corrected chi connectivity index (χ1v) is 11.0. The predicted molar refractivity (Wildman–Crippen MR) is 123 cm³/mol. The topological polar surface area (TPSA) is 45.9 Å². The van der Waals surface area contributed by atoms with Crippen LogP contribution in [0, 0.1) is 11.8 Å². The number of nitrogens with zero attached hydrogens (tertiary/aromatic N) is 5. The van der Waals surface area contributed by atoms with Crippen molar-refractivity contribution in [2.75, 3.05) is 46.4 Å². The Hall–Kier alpha value is -2.83. The number of ether oxygens (including phenoxy) is 1. The maximum atomic E-state index is 13.2. The van der Waals surface area contributed by atoms with E-state index in [1.54, 1.807) is 18.0 Å². The fourth-order valence-electron chi connectivity index (χ4n) is 3.52. The molecule has 2 heterocycles. The summed E-state index contributed by atoms with van der Waals surface area (Å²) in [6.45, 7) is 8.83. The molecule has 1 aliphatic heterocycles. The second kappa shape index (κ2) is 11.3. The Kier molecular flexibility index (Phi) is 8.53. The molecule has 0 bridgehead atoms. The third-order valence-corrected chi connectivity index (χ3v) is 5.27. The number of aliphatic imine (C=N–C) groups is 1. The highest BCUT2D eigenvalue weighted by Gasteiger charge is 2.35. The van der Waals surface area contributed by atoms with Crippen molar-refractivity contribution in [2.24, 2.45) is 4.99 Å². The number of benzene rings is 1. The molecule has 0 amide bonds. The molecular formula is C24H30F3N5O. The number of morpholine rings is 1. The van der Waals surface area contributed by atoms with E-state index in [-0.39, 0.29) is 6.04 Å². The molecule has 1 fully saturated rings. The van der Waals surface area contributed by atoms with Gasteiger partial charge in [-0.2, -0.15) is 13.2 Å². The monoisotopic (exact) mass is 461 g/mol. The lowest BCUT2D eigenvalue weighted by Gasteiger charge is -2.24. The Labute approximate surface area is 193 Å². The summed E-state index contributed by atoms with van der Waals surface area (Å²) in [5.41, 5.74) is 0.771. The Morgan fingerprint density at radius 3 is 2.48 bits per heavy atom. The van der Waals surface area contributed by atoms with E-state index in [0.29, 0.717) is 24.5 Å². The van der Waals surface area contributed by atoms with Crippen LogP contribution in [-0.4, -0.2) is 72.1 Å². The van der Waals surface area contributed by atoms with Crippen molar-refractivity contribution in [1.82, 2.24) is 19.4 Å². The lowest BCUT2D eigenvalue weighted by molar-refractivity contribution is -0.140. The predicted octanol–water partition coefficient (Wildman–Crippen LogP) is 3.95. The molecule has 3 rings (SSSR count). The van der Waals surface area contributed by atoms with E-state index in [0.717, 1.165) is 44.6 Å². The minimum Gasteiger partial charge on any atom is -0.379 e. The van der Waals surface area contributed by atoms with Gasteiger partial charge in [-0.15, -0.1) is 0 Å². The summed E-state index contributed by atoms with van der Waals surface area (Å²) >= 11 is 0. The highest BCUT2D eigenvalue weighted by atomic mass is 19.4. The van der Waals surface area contributed by atoms with Gasteiger partial charge in [0.2, 0.25) is 0 Å². The van der Waals surface area contributed by atoms with Crippen LogP contribution in [0.3, 0.4) is 0 Å². The van der Waals surface area contributed by atoms with Gasteiger partial charge in [0.1, 0.15) is 5.82 Å². The molecule has 178 valence electrons. The molecule has 9 heteroatoms. The van der Waals surface area contributed by atoms with E-state index in [1.807, 2.05) is 43.0 Å². The molecule has 0 aliphatic carbocycles. The number of hydrogen-bond donors (Lipinski definition) is 0. The lowest BCUT2D eigenvalue weighted by Crippen LogP contribution is -2.36. The quantitative estimate of drug-likeness (QED) is 0.356. The molecular weight excluding hydrogens is 431 g/mol. The molecule has 6 nitrogen and oxygen atoms in total. The fraction of sp³-hybridized carbons (Fsp3) is 0.500. The molecule has 0 radical (unpaired) electrons. The Morgan fingerprint density at radius 2 is 1.88 bits per heavy atom. The van der Waals surface area contributed by atoms with Crippen molar-refractivity contribution >= 4 is 6.34 Å². The molecule has 1 aromatic heterocycles. The third-order valence-electron chi connectivity index (χ3n) is 5.27. The molecule has 0 atom stereocenters. The molecule has 1 saturated heterocycles. The van der Waals surface area contributed by atoms with Crippen LogP contribution >= 0.6 is 0 Å². The first kappa shape index (κ1) is 24.8. The van der Waals surface area contributed by atoms with E-state index in [1.165, 1.54) is 0 Å². The maximum absolute atomic E-state index is 13.2. The Morgan fingerprint density at radius 1 is 1.18 bits per heavy atom. The maximum Gasteiger partial charge on any atom is 0.434 e. The van der Waals surface area contributed by atoms with E-state index >= 15 is 0 Å². The van der Waals surface area contributed by atoms with Crippen LogP contribution in [0.15, 0.2) is 35.5 Å². The number of alkyl halides is 3. The minimum atomic E-state index is -4.47. The molecule has 0 N–H and O–H groups in total. The fourth-order valence-corrected chi connectivity index (χ4v) is 3.52. The van der Waals surface area contributed by atoms with E-state index < -0.39 is 11.9 Å². The van der Waals surface area contributed by atoms with E-state index in [9.17, 15) is 13.2 Å². The molecule has 1 aromatic carbocycles. The van der Waals surface area contributed by atoms with Crippen LogP contribution in [0.4, 0.5) is 13.2 Å². The van der Waals surface area contributed by atoms with Gasteiger partial charge in [0.05, 0.1) is 32.6 Å². The smallest absolute Gasteiger partial charge is 0.379 e. The lowest BCUT2D eigenvalue weighted by atomic mass is 10.1. The van der Waals surface area contributed by atoms with Gasteiger partial charge in [0.25, 0.3) is 0 Å². The van der Waals surface area contributed by atoms with Crippen LogP contribution in [0.1, 0.15) is 31.1 Å². The van der Waals surface area contributed by atoms with Gasteiger partial charge in [-0.3, -0.25) is 9.89 Å². The van der Waals surface area contributed by atoms with E-state index in [2.05, 4.69) is 26.7 Å². The average Bonchev–Trinajstić information content (AvgIpc) is 3.25. The molecule has 0 unspecified atom stereocenters. The van der Waals surface area contributed by atoms with Gasteiger partial charge in [-0.25, -0.2) is 4.98 Å². The standard InChI is InChI=1S/C24H30F3N5O/c1-19(2)32-17-22(24(25,26)27)29-23(32)21-8-6-20(7-9-21)16-31(18-28-3)11-5-4-10-30-12-14-33-15-13-30/h6-9,17-19H,10-16H2,1-3H3. The highest BCUT2D eigenvalue weighted by Crippen LogP contribution is 2.32. The zero-order valence-corrected chi connectivity index (χ0v) is 19.3. The first-order chi connectivity index (χ1) is 15.8. The number of hydrogen-bond acceptors (Lipinski definition) is 4. The highest BCUT2D eigenvalue weighted by molar-refractivity contribution is 5.58. The summed E-state index contributed by atoms with van der Waals surface area (Å²) in [7, 11) is 1.71. The summed E-state index contributed by atoms with van der Waals surface area (Å²) < 4.78 is 46.4. The zero-order valence-electron chi connectivity index (χ0n) is 19.3. The van der Waals surface area contributed by atoms with Crippen molar-refractivity contribution in [3.05, 3.63) is 41.7 Å². The first-order valence-electron chi connectivity index (χ1n) is 11.0. The van der Waals surface area contributed by atoms with Crippen molar-refractivity contribution in [3.8, 4) is 23.2 Å². The minimum absolute atomic E-state index is 0.143. The zero-order chi connectivity index (χ0) is 23.8. The Balaban J connectivity index is 1.67. The second-order valence-electron chi connectivity index (χ2n) is 8.17. The molecule has 33 heavy (non-hydrogen) atoms. The van der Waals surface area contributed by atoms with Crippen LogP contribution in [-0.2, 0) is 17.5 Å². The summed E-state index contributed by atoms with van der Waals surface area (Å²) in [6.07, 6.45) is -1.65. The Bertz CT molecular complexity index is 980. The second-order valence-corrected chi connectivity index (χ2v) is 8.17. The van der Waals surface area contributed by atoms with Crippen molar-refractivity contribution in [1.29, 1.82) is 0 Å². The number of halogens is 3. The average molecular weight is 462 g/mol. The number of rotatable bonds is 7. The van der Waals surface area contributed by atoms with Gasteiger partial charge in [-0.1, -0.05) is 36.1 Å². The molecule has 0 saturated carbocycles. The largest absolute Gasteiger partial charge is 0.434 e. The summed E-state index contributed by atoms with van der Waals surface area (Å²) in [6, 6.07) is 7.28. The van der Waals surface area contributed by atoms with Crippen LogP contribution in [0.2, 0.25) is 0 Å². The van der Waals surface area contributed by atoms with Gasteiger partial charge in [0.15, 0.2) is 5.69 Å². The van der Waals surface area contributed by atoms with Gasteiger partial charge in [-0.05, 0) is 19.4 Å². The van der Waals surface area contributed by atoms with E-state index in [4.69, 9.17) is 4.74 Å². The third kappa shape index (κ3) is 7.07. The summed E-state index contributed by atoms with van der Waals surface area (Å²) in [5.74, 6) is 6.71. The SMILES string of the molecule is CN=CN(CC#CCN1CCOCC1)Cc1ccc(-c2nc(C(F)(F)F)cn2C(C)C)cc1. The molecule has 0 spiro atoms.